The Hall–Kier alpha value is -5.40. The Morgan fingerprint density at radius 2 is 1.23 bits per heavy atom. The van der Waals surface area contributed by atoms with Crippen molar-refractivity contribution in [1.82, 2.24) is 15.0 Å². The SMILES string of the molecule is N#Cc1ccc2c(c1)C1(CCCCC1)c1cc(-c3cc(-c4ccc(-c5cccnc5)cc4)nc(-c4ccccc4)n3)ccc1-2. The van der Waals surface area contributed by atoms with Gasteiger partial charge in [0.1, 0.15) is 0 Å². The molecule has 4 aromatic carbocycles. The van der Waals surface area contributed by atoms with Gasteiger partial charge in [-0.25, -0.2) is 9.97 Å². The van der Waals surface area contributed by atoms with Crippen LogP contribution < -0.4 is 0 Å². The molecule has 1 saturated carbocycles. The Kier molecular flexibility index (Phi) is 6.38. The first-order chi connectivity index (χ1) is 21.7. The molecule has 2 aromatic heterocycles. The Labute approximate surface area is 257 Å². The average Bonchev–Trinajstić information content (AvgIpc) is 3.36. The lowest BCUT2D eigenvalue weighted by Crippen LogP contribution is -2.28. The molecular formula is C40H30N4. The monoisotopic (exact) mass is 566 g/mol. The van der Waals surface area contributed by atoms with E-state index in [-0.39, 0.29) is 5.41 Å². The highest BCUT2D eigenvalue weighted by atomic mass is 14.9. The fourth-order valence-electron chi connectivity index (χ4n) is 7.24. The molecular weight excluding hydrogens is 536 g/mol. The molecule has 0 bridgehead atoms. The lowest BCUT2D eigenvalue weighted by molar-refractivity contribution is 0.353. The van der Waals surface area contributed by atoms with E-state index in [1.165, 1.54) is 41.5 Å². The van der Waals surface area contributed by atoms with Crippen molar-refractivity contribution in [3.05, 3.63) is 138 Å². The number of nitriles is 1. The van der Waals surface area contributed by atoms with E-state index in [1.807, 2.05) is 36.5 Å². The summed E-state index contributed by atoms with van der Waals surface area (Å²) in [5, 5.41) is 9.71. The van der Waals surface area contributed by atoms with Crippen molar-refractivity contribution in [1.29, 1.82) is 5.26 Å². The molecule has 0 amide bonds. The number of pyridine rings is 1. The van der Waals surface area contributed by atoms with Crippen LogP contribution in [0.3, 0.4) is 0 Å². The van der Waals surface area contributed by atoms with Gasteiger partial charge in [0.05, 0.1) is 23.0 Å². The van der Waals surface area contributed by atoms with Crippen molar-refractivity contribution in [3.8, 4) is 62.2 Å². The summed E-state index contributed by atoms with van der Waals surface area (Å²) in [7, 11) is 0. The van der Waals surface area contributed by atoms with Gasteiger partial charge in [0.25, 0.3) is 0 Å². The third kappa shape index (κ3) is 4.41. The highest BCUT2D eigenvalue weighted by Gasteiger charge is 2.44. The van der Waals surface area contributed by atoms with E-state index in [0.29, 0.717) is 5.82 Å². The van der Waals surface area contributed by atoms with Crippen molar-refractivity contribution in [3.63, 3.8) is 0 Å². The molecule has 0 N–H and O–H groups in total. The summed E-state index contributed by atoms with van der Waals surface area (Å²) in [6.45, 7) is 0. The highest BCUT2D eigenvalue weighted by molar-refractivity contribution is 5.85. The quantitative estimate of drug-likeness (QED) is 0.213. The standard InChI is InChI=1S/C40H30N4/c41-25-27-11-17-33-34-18-16-31(23-36(34)40(35(33)22-27)19-5-2-6-20-40)38-24-37(43-39(44-38)30-8-3-1-4-9-30)29-14-12-28(13-15-29)32-10-7-21-42-26-32/h1,3-4,7-18,21-24,26H,2,5-6,19-20H2. The molecule has 2 aliphatic carbocycles. The minimum atomic E-state index is -0.0496. The number of hydrogen-bond acceptors (Lipinski definition) is 4. The molecule has 0 radical (unpaired) electrons. The largest absolute Gasteiger partial charge is 0.264 e. The third-order valence-corrected chi connectivity index (χ3v) is 9.43. The minimum absolute atomic E-state index is 0.0496. The molecule has 0 atom stereocenters. The van der Waals surface area contributed by atoms with Crippen LogP contribution in [0.1, 0.15) is 48.8 Å². The van der Waals surface area contributed by atoms with Crippen LogP contribution in [0.5, 0.6) is 0 Å². The van der Waals surface area contributed by atoms with Crippen molar-refractivity contribution in [2.75, 3.05) is 0 Å². The zero-order chi connectivity index (χ0) is 29.5. The highest BCUT2D eigenvalue weighted by Crippen LogP contribution is 2.56. The zero-order valence-electron chi connectivity index (χ0n) is 24.4. The van der Waals surface area contributed by atoms with Gasteiger partial charge < -0.3 is 0 Å². The summed E-state index contributed by atoms with van der Waals surface area (Å²) in [5.41, 5.74) is 13.1. The van der Waals surface area contributed by atoms with Crippen LogP contribution in [0.25, 0.3) is 56.2 Å². The zero-order valence-corrected chi connectivity index (χ0v) is 24.4. The van der Waals surface area contributed by atoms with Gasteiger partial charge in [-0.2, -0.15) is 5.26 Å². The topological polar surface area (TPSA) is 62.5 Å². The van der Waals surface area contributed by atoms with Crippen molar-refractivity contribution >= 4 is 0 Å². The van der Waals surface area contributed by atoms with Crippen molar-refractivity contribution in [2.24, 2.45) is 0 Å². The van der Waals surface area contributed by atoms with E-state index >= 15 is 0 Å². The van der Waals surface area contributed by atoms with E-state index in [9.17, 15) is 5.26 Å². The number of rotatable bonds is 4. The molecule has 2 aliphatic rings. The maximum absolute atomic E-state index is 9.71. The molecule has 2 heterocycles. The van der Waals surface area contributed by atoms with Crippen LogP contribution in [-0.4, -0.2) is 15.0 Å². The summed E-state index contributed by atoms with van der Waals surface area (Å²) in [4.78, 5) is 14.5. The Morgan fingerprint density at radius 1 is 0.568 bits per heavy atom. The number of aromatic nitrogens is 3. The van der Waals surface area contributed by atoms with Gasteiger partial charge in [-0.1, -0.05) is 98.1 Å². The molecule has 210 valence electrons. The molecule has 8 rings (SSSR count). The van der Waals surface area contributed by atoms with Crippen LogP contribution in [0, 0.1) is 11.3 Å². The van der Waals surface area contributed by atoms with Gasteiger partial charge in [0.2, 0.25) is 0 Å². The van der Waals surface area contributed by atoms with E-state index in [1.54, 1.807) is 6.20 Å². The summed E-state index contributed by atoms with van der Waals surface area (Å²) >= 11 is 0. The van der Waals surface area contributed by atoms with Gasteiger partial charge >= 0.3 is 0 Å². The second-order valence-corrected chi connectivity index (χ2v) is 11.9. The third-order valence-electron chi connectivity index (χ3n) is 9.43. The van der Waals surface area contributed by atoms with E-state index in [2.05, 4.69) is 89.9 Å². The number of benzene rings is 4. The summed E-state index contributed by atoms with van der Waals surface area (Å²) in [6.07, 6.45) is 9.56. The van der Waals surface area contributed by atoms with E-state index in [4.69, 9.17) is 9.97 Å². The molecule has 0 aliphatic heterocycles. The molecule has 44 heavy (non-hydrogen) atoms. The van der Waals surface area contributed by atoms with Gasteiger partial charge in [-0.05, 0) is 76.6 Å². The second kappa shape index (κ2) is 10.7. The maximum atomic E-state index is 9.71. The molecule has 4 heteroatoms. The fourth-order valence-corrected chi connectivity index (χ4v) is 7.24. The number of hydrogen-bond donors (Lipinski definition) is 0. The van der Waals surface area contributed by atoms with Crippen molar-refractivity contribution in [2.45, 2.75) is 37.5 Å². The predicted molar refractivity (Wildman–Crippen MR) is 176 cm³/mol. The average molecular weight is 567 g/mol. The number of fused-ring (bicyclic) bond motifs is 5. The van der Waals surface area contributed by atoms with E-state index < -0.39 is 0 Å². The molecule has 1 fully saturated rings. The Morgan fingerprint density at radius 3 is 1.95 bits per heavy atom. The van der Waals surface area contributed by atoms with Gasteiger partial charge in [0, 0.05) is 34.5 Å². The van der Waals surface area contributed by atoms with Gasteiger partial charge in [-0.3, -0.25) is 4.98 Å². The Balaban J connectivity index is 1.26. The summed E-state index contributed by atoms with van der Waals surface area (Å²) in [5.74, 6) is 0.712. The molecule has 1 spiro atoms. The van der Waals surface area contributed by atoms with Crippen LogP contribution in [0.2, 0.25) is 0 Å². The smallest absolute Gasteiger partial charge is 0.160 e. The molecule has 0 unspecified atom stereocenters. The van der Waals surface area contributed by atoms with Crippen molar-refractivity contribution < 1.29 is 0 Å². The van der Waals surface area contributed by atoms with Crippen LogP contribution in [0.4, 0.5) is 0 Å². The maximum Gasteiger partial charge on any atom is 0.160 e. The lowest BCUT2D eigenvalue weighted by Gasteiger charge is -2.36. The number of nitrogens with zero attached hydrogens (tertiary/aromatic N) is 4. The van der Waals surface area contributed by atoms with Gasteiger partial charge in [0.15, 0.2) is 5.82 Å². The first-order valence-electron chi connectivity index (χ1n) is 15.4. The van der Waals surface area contributed by atoms with Gasteiger partial charge in [-0.15, -0.1) is 0 Å². The van der Waals surface area contributed by atoms with Crippen LogP contribution in [0.15, 0.2) is 122 Å². The lowest BCUT2D eigenvalue weighted by atomic mass is 9.67. The second-order valence-electron chi connectivity index (χ2n) is 11.9. The predicted octanol–water partition coefficient (Wildman–Crippen LogP) is 9.64. The fraction of sp³-hybridized carbons (Fsp3) is 0.150. The first-order valence-corrected chi connectivity index (χ1v) is 15.4. The Bertz CT molecular complexity index is 2030. The molecule has 6 aromatic rings. The van der Waals surface area contributed by atoms with E-state index in [0.717, 1.165) is 57.6 Å². The minimum Gasteiger partial charge on any atom is -0.264 e. The summed E-state index contributed by atoms with van der Waals surface area (Å²) < 4.78 is 0. The normalized spacial score (nSPS) is 14.5. The first kappa shape index (κ1) is 26.2. The molecule has 4 nitrogen and oxygen atoms in total. The molecule has 0 saturated heterocycles. The van der Waals surface area contributed by atoms with Crippen LogP contribution in [-0.2, 0) is 5.41 Å². The van der Waals surface area contributed by atoms with Crippen LogP contribution >= 0.6 is 0 Å². The summed E-state index contributed by atoms with van der Waals surface area (Å²) in [6, 6.07) is 40.4.